The van der Waals surface area contributed by atoms with Crippen molar-refractivity contribution < 1.29 is 12.8 Å². The Morgan fingerprint density at radius 3 is 2.45 bits per heavy atom. The highest BCUT2D eigenvalue weighted by Crippen LogP contribution is 2.21. The molecule has 0 bridgehead atoms. The summed E-state index contributed by atoms with van der Waals surface area (Å²) < 4.78 is 44.7. The van der Waals surface area contributed by atoms with Crippen molar-refractivity contribution in [1.29, 1.82) is 0 Å². The second-order valence-corrected chi connectivity index (χ2v) is 10.0. The minimum absolute atomic E-state index is 0.157. The van der Waals surface area contributed by atoms with E-state index in [1.165, 1.54) is 21.3 Å². The molecule has 2 heterocycles. The number of nitrogens with zero attached hydrogens (tertiary/aromatic N) is 3. The monoisotopic (exact) mass is 446 g/mol. The third-order valence-electron chi connectivity index (χ3n) is 6.12. The average Bonchev–Trinajstić information content (AvgIpc) is 2.97. The molecule has 166 valence electrons. The Morgan fingerprint density at radius 2 is 1.74 bits per heavy atom. The van der Waals surface area contributed by atoms with Crippen LogP contribution in [0.1, 0.15) is 18.4 Å². The van der Waals surface area contributed by atoms with E-state index in [0.717, 1.165) is 31.5 Å². The molecule has 31 heavy (non-hydrogen) atoms. The van der Waals surface area contributed by atoms with Crippen LogP contribution in [0.2, 0.25) is 0 Å². The first kappa shape index (κ1) is 21.7. The number of halogens is 1. The zero-order valence-corrected chi connectivity index (χ0v) is 18.5. The van der Waals surface area contributed by atoms with Crippen LogP contribution in [-0.2, 0) is 30.7 Å². The van der Waals surface area contributed by atoms with Gasteiger partial charge in [-0.2, -0.15) is 0 Å². The number of sulfonamides is 1. The maximum atomic E-state index is 13.4. The van der Waals surface area contributed by atoms with Gasteiger partial charge in [-0.3, -0.25) is 14.0 Å². The molecule has 0 radical (unpaired) electrons. The fourth-order valence-electron chi connectivity index (χ4n) is 4.21. The van der Waals surface area contributed by atoms with Gasteiger partial charge in [-0.15, -0.1) is 0 Å². The largest absolute Gasteiger partial charge is 0.328 e. The van der Waals surface area contributed by atoms with Gasteiger partial charge in [-0.05, 0) is 67.7 Å². The Kier molecular flexibility index (Phi) is 6.00. The number of hydrogen-bond acceptors (Lipinski definition) is 4. The molecule has 0 unspecified atom stereocenters. The molecule has 1 fully saturated rings. The number of hydrogen-bond donors (Lipinski definition) is 1. The molecule has 7 nitrogen and oxygen atoms in total. The minimum Gasteiger partial charge on any atom is -0.299 e. The van der Waals surface area contributed by atoms with Crippen LogP contribution in [0.3, 0.4) is 0 Å². The van der Waals surface area contributed by atoms with Crippen LogP contribution >= 0.6 is 0 Å². The standard InChI is InChI=1S/C22H27FN4O3S/c1-25-20-7-6-19(13-21(20)26(2)22(25)28)31(29,30)24-14-16-8-10-27(11-9-16)15-17-4-3-5-18(23)12-17/h3-7,12-13,16,24H,8-11,14-15H2,1-2H3. The highest BCUT2D eigenvalue weighted by Gasteiger charge is 2.23. The Labute approximate surface area is 181 Å². The second kappa shape index (κ2) is 8.57. The van der Waals surface area contributed by atoms with E-state index in [0.29, 0.717) is 24.1 Å². The number of benzene rings is 2. The first-order valence-corrected chi connectivity index (χ1v) is 11.8. The molecule has 1 aliphatic heterocycles. The Bertz CT molecular complexity index is 1260. The Morgan fingerprint density at radius 1 is 1.03 bits per heavy atom. The molecule has 1 N–H and O–H groups in total. The van der Waals surface area contributed by atoms with Crippen LogP contribution in [0.25, 0.3) is 11.0 Å². The van der Waals surface area contributed by atoms with E-state index in [1.54, 1.807) is 38.4 Å². The van der Waals surface area contributed by atoms with Crippen LogP contribution in [0.4, 0.5) is 4.39 Å². The molecular formula is C22H27FN4O3S. The maximum absolute atomic E-state index is 13.4. The quantitative estimate of drug-likeness (QED) is 0.630. The SMILES string of the molecule is Cn1c(=O)n(C)c2cc(S(=O)(=O)NCC3CCN(Cc4cccc(F)c4)CC3)ccc21. The molecule has 0 aliphatic carbocycles. The molecular weight excluding hydrogens is 419 g/mol. The van der Waals surface area contributed by atoms with E-state index in [4.69, 9.17) is 0 Å². The molecule has 0 amide bonds. The molecule has 3 aromatic rings. The summed E-state index contributed by atoms with van der Waals surface area (Å²) >= 11 is 0. The third-order valence-corrected chi connectivity index (χ3v) is 7.54. The number of likely N-dealkylation sites (tertiary alicyclic amines) is 1. The van der Waals surface area contributed by atoms with Gasteiger partial charge in [0.05, 0.1) is 15.9 Å². The second-order valence-electron chi connectivity index (χ2n) is 8.25. The normalized spacial score (nSPS) is 16.2. The van der Waals surface area contributed by atoms with Crippen molar-refractivity contribution in [3.05, 3.63) is 64.3 Å². The van der Waals surface area contributed by atoms with E-state index in [2.05, 4.69) is 9.62 Å². The fourth-order valence-corrected chi connectivity index (χ4v) is 5.34. The molecule has 4 rings (SSSR count). The summed E-state index contributed by atoms with van der Waals surface area (Å²) in [4.78, 5) is 14.5. The van der Waals surface area contributed by atoms with E-state index < -0.39 is 10.0 Å². The molecule has 0 saturated carbocycles. The molecule has 0 spiro atoms. The van der Waals surface area contributed by atoms with Crippen molar-refractivity contribution in [3.63, 3.8) is 0 Å². The van der Waals surface area contributed by atoms with E-state index in [9.17, 15) is 17.6 Å². The molecule has 0 atom stereocenters. The van der Waals surface area contributed by atoms with Gasteiger partial charge in [0.2, 0.25) is 10.0 Å². The minimum atomic E-state index is -3.67. The van der Waals surface area contributed by atoms with E-state index >= 15 is 0 Å². The van der Waals surface area contributed by atoms with Gasteiger partial charge in [0, 0.05) is 27.2 Å². The molecule has 1 saturated heterocycles. The summed E-state index contributed by atoms with van der Waals surface area (Å²) in [5.41, 5.74) is 2.03. The topological polar surface area (TPSA) is 76.3 Å². The lowest BCUT2D eigenvalue weighted by Crippen LogP contribution is -2.38. The molecule has 9 heteroatoms. The molecule has 1 aromatic heterocycles. The van der Waals surface area contributed by atoms with Crippen LogP contribution in [0, 0.1) is 11.7 Å². The zero-order valence-electron chi connectivity index (χ0n) is 17.7. The molecule has 2 aromatic carbocycles. The Balaban J connectivity index is 1.35. The van der Waals surface area contributed by atoms with Crippen LogP contribution in [0.5, 0.6) is 0 Å². The fraction of sp³-hybridized carbons (Fsp3) is 0.409. The summed E-state index contributed by atoms with van der Waals surface area (Å²) in [6.45, 7) is 2.77. The lowest BCUT2D eigenvalue weighted by Gasteiger charge is -2.32. The summed E-state index contributed by atoms with van der Waals surface area (Å²) in [5, 5.41) is 0. The summed E-state index contributed by atoms with van der Waals surface area (Å²) in [5.74, 6) is 0.0268. The smallest absolute Gasteiger partial charge is 0.299 e. The van der Waals surface area contributed by atoms with Gasteiger partial charge in [-0.25, -0.2) is 22.3 Å². The number of aryl methyl sites for hydroxylation is 2. The number of piperidine rings is 1. The first-order valence-electron chi connectivity index (χ1n) is 10.4. The first-order chi connectivity index (χ1) is 14.7. The van der Waals surface area contributed by atoms with Crippen LogP contribution in [0.15, 0.2) is 52.2 Å². The third kappa shape index (κ3) is 4.58. The van der Waals surface area contributed by atoms with Crippen molar-refractivity contribution in [2.45, 2.75) is 24.3 Å². The maximum Gasteiger partial charge on any atom is 0.328 e. The lowest BCUT2D eigenvalue weighted by molar-refractivity contribution is 0.178. The number of nitrogens with one attached hydrogen (secondary N) is 1. The van der Waals surface area contributed by atoms with Crippen molar-refractivity contribution in [2.24, 2.45) is 20.0 Å². The number of fused-ring (bicyclic) bond motifs is 1. The highest BCUT2D eigenvalue weighted by molar-refractivity contribution is 7.89. The summed E-state index contributed by atoms with van der Waals surface area (Å²) in [7, 11) is -0.373. The van der Waals surface area contributed by atoms with Gasteiger partial charge >= 0.3 is 5.69 Å². The van der Waals surface area contributed by atoms with Gasteiger partial charge in [-0.1, -0.05) is 12.1 Å². The van der Waals surface area contributed by atoms with E-state index in [-0.39, 0.29) is 22.3 Å². The Hall–Kier alpha value is -2.49. The van der Waals surface area contributed by atoms with Gasteiger partial charge in [0.1, 0.15) is 5.82 Å². The van der Waals surface area contributed by atoms with Crippen LogP contribution in [-0.4, -0.2) is 42.1 Å². The van der Waals surface area contributed by atoms with Gasteiger partial charge in [0.25, 0.3) is 0 Å². The zero-order chi connectivity index (χ0) is 22.2. The van der Waals surface area contributed by atoms with Gasteiger partial charge in [0.15, 0.2) is 0 Å². The number of rotatable bonds is 6. The van der Waals surface area contributed by atoms with Crippen molar-refractivity contribution in [1.82, 2.24) is 18.8 Å². The highest BCUT2D eigenvalue weighted by atomic mass is 32.2. The van der Waals surface area contributed by atoms with E-state index in [1.807, 2.05) is 6.07 Å². The van der Waals surface area contributed by atoms with Crippen molar-refractivity contribution in [3.8, 4) is 0 Å². The predicted molar refractivity (Wildman–Crippen MR) is 118 cm³/mol. The summed E-state index contributed by atoms with van der Waals surface area (Å²) in [6, 6.07) is 11.4. The van der Waals surface area contributed by atoms with Crippen molar-refractivity contribution >= 4 is 21.1 Å². The molecule has 1 aliphatic rings. The lowest BCUT2D eigenvalue weighted by atomic mass is 9.97. The van der Waals surface area contributed by atoms with Gasteiger partial charge < -0.3 is 0 Å². The number of imidazole rings is 1. The van der Waals surface area contributed by atoms with Crippen molar-refractivity contribution in [2.75, 3.05) is 19.6 Å². The van der Waals surface area contributed by atoms with Crippen LogP contribution < -0.4 is 10.4 Å². The summed E-state index contributed by atoms with van der Waals surface area (Å²) in [6.07, 6.45) is 1.76. The number of aromatic nitrogens is 2. The predicted octanol–water partition coefficient (Wildman–Crippen LogP) is 2.21. The average molecular weight is 447 g/mol.